The van der Waals surface area contributed by atoms with E-state index in [-0.39, 0.29) is 17.1 Å². The van der Waals surface area contributed by atoms with Crippen LogP contribution in [-0.4, -0.2) is 74.5 Å². The van der Waals surface area contributed by atoms with Gasteiger partial charge in [-0.2, -0.15) is 0 Å². The monoisotopic (exact) mass is 1030 g/mol. The highest BCUT2D eigenvalue weighted by atomic mass is 32.2. The highest BCUT2D eigenvalue weighted by Gasteiger charge is 2.55. The van der Waals surface area contributed by atoms with E-state index in [1.807, 2.05) is 188 Å². The van der Waals surface area contributed by atoms with E-state index in [1.165, 1.54) is 28.0 Å². The summed E-state index contributed by atoms with van der Waals surface area (Å²) in [6.45, 7) is 4.60. The van der Waals surface area contributed by atoms with E-state index in [1.54, 1.807) is 37.9 Å². The van der Waals surface area contributed by atoms with Crippen LogP contribution in [0.2, 0.25) is 0 Å². The fraction of sp³-hybridized carbons (Fsp3) is 0.211. The molecule has 0 aliphatic carbocycles. The number of β-lactam (4-membered cyclic amide) rings is 1. The number of oxime groups is 1. The molecule has 4 heterocycles. The van der Waals surface area contributed by atoms with Crippen molar-refractivity contribution in [2.24, 2.45) is 12.2 Å². The van der Waals surface area contributed by atoms with Crippen molar-refractivity contribution in [2.75, 3.05) is 23.4 Å². The molecule has 0 bridgehead atoms. The molecule has 2 aliphatic heterocycles. The summed E-state index contributed by atoms with van der Waals surface area (Å²) in [5.74, 6) is -1.84. The van der Waals surface area contributed by atoms with Gasteiger partial charge in [0, 0.05) is 33.9 Å². The van der Waals surface area contributed by atoms with Gasteiger partial charge in [0.2, 0.25) is 6.61 Å². The summed E-state index contributed by atoms with van der Waals surface area (Å²) in [6, 6.07) is 51.9. The number of esters is 2. The zero-order valence-electron chi connectivity index (χ0n) is 40.5. The third-order valence-corrected chi connectivity index (χ3v) is 15.1. The summed E-state index contributed by atoms with van der Waals surface area (Å²) in [5.41, 5.74) is 3.36. The van der Waals surface area contributed by atoms with E-state index in [9.17, 15) is 19.2 Å². The van der Waals surface area contributed by atoms with Crippen LogP contribution in [0, 0.1) is 0 Å². The predicted molar refractivity (Wildman–Crippen MR) is 284 cm³/mol. The lowest BCUT2D eigenvalue weighted by Crippen LogP contribution is -2.71. The van der Waals surface area contributed by atoms with Gasteiger partial charge in [-0.15, -0.1) is 34.9 Å². The Kier molecular flexibility index (Phi) is 15.5. The van der Waals surface area contributed by atoms with E-state index in [0.717, 1.165) is 38.3 Å². The number of aromatic nitrogens is 2. The lowest BCUT2D eigenvalue weighted by atomic mass is 9.77. The van der Waals surface area contributed by atoms with Gasteiger partial charge in [-0.3, -0.25) is 14.5 Å². The molecular formula is C57H53N6O7S3+. The number of hydrogen-bond acceptors (Lipinski definition) is 13. The minimum absolute atomic E-state index is 0.128. The van der Waals surface area contributed by atoms with Crippen LogP contribution in [-0.2, 0) is 46.1 Å². The second-order valence-corrected chi connectivity index (χ2v) is 21.2. The zero-order valence-corrected chi connectivity index (χ0v) is 43.0. The minimum Gasteiger partial charge on any atom is -0.457 e. The third kappa shape index (κ3) is 11.6. The number of thioether (sulfide) groups is 2. The number of thiazole rings is 1. The Morgan fingerprint density at radius 3 is 1.86 bits per heavy atom. The van der Waals surface area contributed by atoms with Crippen molar-refractivity contribution in [1.29, 1.82) is 0 Å². The van der Waals surface area contributed by atoms with Crippen LogP contribution in [0.15, 0.2) is 203 Å². The van der Waals surface area contributed by atoms with E-state index in [2.05, 4.69) is 15.8 Å². The predicted octanol–water partition coefficient (Wildman–Crippen LogP) is 9.21. The topological polar surface area (TPSA) is 152 Å². The molecule has 73 heavy (non-hydrogen) atoms. The summed E-state index contributed by atoms with van der Waals surface area (Å²) in [7, 11) is 1.94. The molecule has 2 N–H and O–H groups in total. The van der Waals surface area contributed by atoms with Crippen molar-refractivity contribution in [2.45, 2.75) is 54.3 Å². The number of carbonyl (C=O) groups is 4. The maximum atomic E-state index is 14.7. The highest BCUT2D eigenvalue weighted by molar-refractivity contribution is 8.01. The second kappa shape index (κ2) is 22.5. The first-order valence-electron chi connectivity index (χ1n) is 23.6. The Morgan fingerprint density at radius 1 is 0.795 bits per heavy atom. The van der Waals surface area contributed by atoms with Gasteiger partial charge in [-0.05, 0) is 54.2 Å². The highest BCUT2D eigenvalue weighted by Crippen LogP contribution is 2.44. The summed E-state index contributed by atoms with van der Waals surface area (Å²) < 4.78 is 13.8. The van der Waals surface area contributed by atoms with E-state index < -0.39 is 59.0 Å². The standard InChI is InChI=1S/C57H52N6O7S3/c1-56(2,3)70-46(64)34-68-61-47(45-37-73-55(58-45)60-57(41-24-14-7-15-25-41,42-26-16-8-17-27-42)43-28-18-9-19-29-43)51(65)59-48-52(66)63-49(40(36-72-53(48)63)35-71-44-30-32-62(4)33-31-44)54(67)69-50(38-20-10-5-11-21-38)39-22-12-6-13-23-39/h5-33,37,48,50,53H,34-36H2,1-4H3,(H-,58,59,60,65)/p+1/t48-,53-/m1/s1. The van der Waals surface area contributed by atoms with Crippen molar-refractivity contribution in [3.63, 3.8) is 0 Å². The maximum absolute atomic E-state index is 14.7. The van der Waals surface area contributed by atoms with E-state index in [0.29, 0.717) is 16.6 Å². The number of ether oxygens (including phenoxy) is 2. The van der Waals surface area contributed by atoms with Gasteiger partial charge < -0.3 is 24.9 Å². The van der Waals surface area contributed by atoms with E-state index in [4.69, 9.17) is 19.3 Å². The summed E-state index contributed by atoms with van der Waals surface area (Å²) in [5, 5.41) is 12.3. The Morgan fingerprint density at radius 2 is 1.33 bits per heavy atom. The van der Waals surface area contributed by atoms with Gasteiger partial charge in [-0.1, -0.05) is 157 Å². The summed E-state index contributed by atoms with van der Waals surface area (Å²) in [4.78, 5) is 69.7. The molecule has 9 rings (SSSR count). The van der Waals surface area contributed by atoms with Crippen LogP contribution in [0.25, 0.3) is 0 Å². The van der Waals surface area contributed by atoms with Crippen LogP contribution < -0.4 is 15.2 Å². The van der Waals surface area contributed by atoms with Gasteiger partial charge in [0.15, 0.2) is 29.3 Å². The second-order valence-electron chi connectivity index (χ2n) is 18.2. The van der Waals surface area contributed by atoms with Gasteiger partial charge in [0.25, 0.3) is 11.8 Å². The molecule has 5 aromatic carbocycles. The molecule has 7 aromatic rings. The molecule has 0 unspecified atom stereocenters. The molecule has 0 saturated carbocycles. The molecular weight excluding hydrogens is 977 g/mol. The summed E-state index contributed by atoms with van der Waals surface area (Å²) >= 11 is 4.24. The number of nitrogens with zero attached hydrogens (tertiary/aromatic N) is 4. The Bertz CT molecular complexity index is 2980. The van der Waals surface area contributed by atoms with Gasteiger partial charge in [0.05, 0.1) is 0 Å². The number of aryl methyl sites for hydroxylation is 1. The number of pyridine rings is 1. The molecule has 13 nitrogen and oxygen atoms in total. The molecule has 0 radical (unpaired) electrons. The van der Waals surface area contributed by atoms with Crippen molar-refractivity contribution < 1.29 is 38.1 Å². The van der Waals surface area contributed by atoms with Crippen LogP contribution >= 0.6 is 34.9 Å². The average molecular weight is 1030 g/mol. The number of nitrogens with one attached hydrogen (secondary N) is 2. The lowest BCUT2D eigenvalue weighted by Gasteiger charge is -2.49. The maximum Gasteiger partial charge on any atom is 0.356 e. The number of anilines is 1. The fourth-order valence-electron chi connectivity index (χ4n) is 8.60. The molecule has 2 amide bonds. The van der Waals surface area contributed by atoms with Gasteiger partial charge in [0.1, 0.15) is 41.0 Å². The number of hydrogen-bond donors (Lipinski definition) is 2. The zero-order chi connectivity index (χ0) is 51.0. The molecule has 1 fully saturated rings. The van der Waals surface area contributed by atoms with Crippen LogP contribution in [0.3, 0.4) is 0 Å². The number of benzene rings is 5. The number of rotatable bonds is 18. The van der Waals surface area contributed by atoms with Crippen LogP contribution in [0.4, 0.5) is 5.13 Å². The van der Waals surface area contributed by atoms with Gasteiger partial charge in [-0.25, -0.2) is 19.1 Å². The molecule has 370 valence electrons. The Hall–Kier alpha value is -7.53. The first-order valence-corrected chi connectivity index (χ1v) is 26.5. The molecule has 2 aliphatic rings. The SMILES string of the molecule is C[n+]1ccc(SCC2=C(C(=O)OC(c3ccccc3)c3ccccc3)N3C(=O)[C@@H](NC(=O)C(=NOCC(=O)OC(C)(C)C)c4csc(NC(c5ccccc5)(c5ccccc5)c5ccccc5)n4)[C@H]3SC2)cc1. The largest absolute Gasteiger partial charge is 0.457 e. The van der Waals surface area contributed by atoms with Crippen molar-refractivity contribution in [1.82, 2.24) is 15.2 Å². The molecule has 2 aromatic heterocycles. The third-order valence-electron chi connectivity index (χ3n) is 12.0. The number of fused-ring (bicyclic) bond motifs is 1. The van der Waals surface area contributed by atoms with E-state index >= 15 is 0 Å². The molecule has 16 heteroatoms. The normalized spacial score (nSPS) is 15.8. The number of amides is 2. The number of carbonyl (C=O) groups excluding carboxylic acids is 4. The first kappa shape index (κ1) is 50.4. The fourth-order valence-corrected chi connectivity index (χ4v) is 11.7. The van der Waals surface area contributed by atoms with Crippen molar-refractivity contribution in [3.05, 3.63) is 226 Å². The lowest BCUT2D eigenvalue weighted by molar-refractivity contribution is -0.671. The first-order chi connectivity index (χ1) is 35.4. The average Bonchev–Trinajstić information content (AvgIpc) is 3.88. The van der Waals surface area contributed by atoms with Crippen molar-refractivity contribution in [3.8, 4) is 0 Å². The summed E-state index contributed by atoms with van der Waals surface area (Å²) in [6.07, 6.45) is 3.13. The Balaban J connectivity index is 1.02. The van der Waals surface area contributed by atoms with Crippen molar-refractivity contribution >= 4 is 69.5 Å². The van der Waals surface area contributed by atoms with Gasteiger partial charge >= 0.3 is 11.9 Å². The quantitative estimate of drug-likeness (QED) is 0.0161. The smallest absolute Gasteiger partial charge is 0.356 e. The van der Waals surface area contributed by atoms with Crippen LogP contribution in [0.5, 0.6) is 0 Å². The minimum atomic E-state index is -1.07. The molecule has 0 spiro atoms. The van der Waals surface area contributed by atoms with Crippen LogP contribution in [0.1, 0.15) is 60.4 Å². The molecule has 1 saturated heterocycles. The molecule has 2 atom stereocenters. The Labute approximate surface area is 436 Å².